The van der Waals surface area contributed by atoms with Crippen molar-refractivity contribution in [3.63, 3.8) is 0 Å². The van der Waals surface area contributed by atoms with Gasteiger partial charge in [-0.1, -0.05) is 42.8 Å². The Labute approximate surface area is 160 Å². The minimum Gasteiger partial charge on any atom is -0.324 e. The van der Waals surface area contributed by atoms with Gasteiger partial charge in [0.1, 0.15) is 6.04 Å². The molecule has 0 aliphatic heterocycles. The number of halogens is 1. The van der Waals surface area contributed by atoms with E-state index in [9.17, 15) is 13.2 Å². The summed E-state index contributed by atoms with van der Waals surface area (Å²) in [4.78, 5) is 12.8. The fourth-order valence-electron chi connectivity index (χ4n) is 2.79. The lowest BCUT2D eigenvalue weighted by atomic mass is 10.1. The maximum Gasteiger partial charge on any atom is 0.248 e. The number of anilines is 2. The van der Waals surface area contributed by atoms with Crippen LogP contribution < -0.4 is 9.62 Å². The molecular weight excluding hydrogens is 372 g/mol. The fourth-order valence-corrected chi connectivity index (χ4v) is 4.18. The van der Waals surface area contributed by atoms with Crippen LogP contribution in [0.2, 0.25) is 5.02 Å². The lowest BCUT2D eigenvalue weighted by molar-refractivity contribution is -0.116. The van der Waals surface area contributed by atoms with Crippen molar-refractivity contribution in [1.29, 1.82) is 0 Å². The standard InChI is InChI=1S/C19H23ClN2O3S/c1-5-15-8-6-7-9-17(15)21-19(23)14(3)22(26(4,24)25)18-12-16(20)11-10-13(18)2/h6-12,14H,5H2,1-4H3,(H,21,23)/t14-/m0/s1. The molecule has 1 N–H and O–H groups in total. The van der Waals surface area contributed by atoms with Crippen molar-refractivity contribution in [3.05, 3.63) is 58.6 Å². The summed E-state index contributed by atoms with van der Waals surface area (Å²) in [5.41, 5.74) is 2.78. The molecule has 0 unspecified atom stereocenters. The van der Waals surface area contributed by atoms with Crippen LogP contribution in [-0.2, 0) is 21.2 Å². The van der Waals surface area contributed by atoms with Gasteiger partial charge in [0.2, 0.25) is 15.9 Å². The molecule has 0 spiro atoms. The number of hydrogen-bond donors (Lipinski definition) is 1. The van der Waals surface area contributed by atoms with Crippen LogP contribution in [0, 0.1) is 6.92 Å². The third-order valence-electron chi connectivity index (χ3n) is 4.15. The smallest absolute Gasteiger partial charge is 0.248 e. The highest BCUT2D eigenvalue weighted by Crippen LogP contribution is 2.28. The Balaban J connectivity index is 2.40. The molecule has 0 fully saturated rings. The maximum atomic E-state index is 12.8. The quantitative estimate of drug-likeness (QED) is 0.805. The Morgan fingerprint density at radius 3 is 2.50 bits per heavy atom. The zero-order chi connectivity index (χ0) is 19.5. The first-order valence-electron chi connectivity index (χ1n) is 8.29. The Morgan fingerprint density at radius 1 is 1.23 bits per heavy atom. The number of carbonyl (C=O) groups is 1. The second kappa shape index (κ2) is 8.10. The molecule has 0 heterocycles. The molecule has 0 bridgehead atoms. The topological polar surface area (TPSA) is 66.5 Å². The monoisotopic (exact) mass is 394 g/mol. The van der Waals surface area contributed by atoms with Gasteiger partial charge in [-0.2, -0.15) is 0 Å². The van der Waals surface area contributed by atoms with E-state index in [4.69, 9.17) is 11.6 Å². The molecule has 0 aliphatic carbocycles. The van der Waals surface area contributed by atoms with Crippen molar-refractivity contribution in [2.75, 3.05) is 15.9 Å². The van der Waals surface area contributed by atoms with E-state index in [0.717, 1.165) is 22.5 Å². The molecule has 1 atom stereocenters. The van der Waals surface area contributed by atoms with Gasteiger partial charge in [0.05, 0.1) is 11.9 Å². The molecule has 7 heteroatoms. The lowest BCUT2D eigenvalue weighted by Gasteiger charge is -2.29. The predicted octanol–water partition coefficient (Wildman–Crippen LogP) is 4.00. The summed E-state index contributed by atoms with van der Waals surface area (Å²) in [5, 5.41) is 3.25. The summed E-state index contributed by atoms with van der Waals surface area (Å²) in [5.74, 6) is -0.407. The number of nitrogens with one attached hydrogen (secondary N) is 1. The average molecular weight is 395 g/mol. The van der Waals surface area contributed by atoms with Crippen molar-refractivity contribution in [2.45, 2.75) is 33.2 Å². The van der Waals surface area contributed by atoms with Gasteiger partial charge in [0.15, 0.2) is 0 Å². The Kier molecular flexibility index (Phi) is 6.31. The Hall–Kier alpha value is -2.05. The summed E-state index contributed by atoms with van der Waals surface area (Å²) in [6.45, 7) is 5.33. The highest BCUT2D eigenvalue weighted by molar-refractivity contribution is 7.92. The second-order valence-electron chi connectivity index (χ2n) is 6.17. The number of rotatable bonds is 6. The third-order valence-corrected chi connectivity index (χ3v) is 5.62. The van der Waals surface area contributed by atoms with Gasteiger partial charge >= 0.3 is 0 Å². The van der Waals surface area contributed by atoms with Gasteiger partial charge in [0, 0.05) is 10.7 Å². The SMILES string of the molecule is CCc1ccccc1NC(=O)[C@H](C)N(c1cc(Cl)ccc1C)S(C)(=O)=O. The second-order valence-corrected chi connectivity index (χ2v) is 8.46. The van der Waals surface area contributed by atoms with Crippen LogP contribution in [0.1, 0.15) is 25.0 Å². The number of para-hydroxylation sites is 1. The van der Waals surface area contributed by atoms with Gasteiger partial charge in [-0.05, 0) is 49.6 Å². The van der Waals surface area contributed by atoms with Crippen molar-refractivity contribution in [3.8, 4) is 0 Å². The van der Waals surface area contributed by atoms with E-state index in [1.807, 2.05) is 25.1 Å². The number of carbonyl (C=O) groups excluding carboxylic acids is 1. The number of sulfonamides is 1. The first kappa shape index (κ1) is 20.3. The zero-order valence-electron chi connectivity index (χ0n) is 15.3. The fraction of sp³-hybridized carbons (Fsp3) is 0.316. The average Bonchev–Trinajstić information content (AvgIpc) is 2.57. The molecule has 5 nitrogen and oxygen atoms in total. The summed E-state index contributed by atoms with van der Waals surface area (Å²) in [6, 6.07) is 11.5. The maximum absolute atomic E-state index is 12.8. The highest BCUT2D eigenvalue weighted by Gasteiger charge is 2.30. The molecular formula is C19H23ClN2O3S. The molecule has 2 rings (SSSR count). The third kappa shape index (κ3) is 4.56. The zero-order valence-corrected chi connectivity index (χ0v) is 16.9. The summed E-state index contributed by atoms with van der Waals surface area (Å²) >= 11 is 6.04. The van der Waals surface area contributed by atoms with Crippen LogP contribution in [0.15, 0.2) is 42.5 Å². The molecule has 140 valence electrons. The normalized spacial score (nSPS) is 12.5. The summed E-state index contributed by atoms with van der Waals surface area (Å²) in [6.07, 6.45) is 1.84. The predicted molar refractivity (Wildman–Crippen MR) is 107 cm³/mol. The molecule has 0 saturated heterocycles. The first-order chi connectivity index (χ1) is 12.1. The largest absolute Gasteiger partial charge is 0.324 e. The molecule has 1 amide bonds. The highest BCUT2D eigenvalue weighted by atomic mass is 35.5. The minimum atomic E-state index is -3.70. The number of hydrogen-bond acceptors (Lipinski definition) is 3. The van der Waals surface area contributed by atoms with Gasteiger partial charge in [0.25, 0.3) is 0 Å². The molecule has 0 radical (unpaired) electrons. The van der Waals surface area contributed by atoms with E-state index in [-0.39, 0.29) is 0 Å². The number of aryl methyl sites for hydroxylation is 2. The van der Waals surface area contributed by atoms with Gasteiger partial charge in [-0.3, -0.25) is 9.10 Å². The number of amides is 1. The van der Waals surface area contributed by atoms with E-state index >= 15 is 0 Å². The molecule has 0 aromatic heterocycles. The van der Waals surface area contributed by atoms with Crippen LogP contribution in [0.4, 0.5) is 11.4 Å². The van der Waals surface area contributed by atoms with Gasteiger partial charge < -0.3 is 5.32 Å². The number of benzene rings is 2. The van der Waals surface area contributed by atoms with Gasteiger partial charge in [-0.15, -0.1) is 0 Å². The van der Waals surface area contributed by atoms with Crippen molar-refractivity contribution in [2.24, 2.45) is 0 Å². The summed E-state index contributed by atoms with van der Waals surface area (Å²) < 4.78 is 25.9. The number of nitrogens with zero attached hydrogens (tertiary/aromatic N) is 1. The van der Waals surface area contributed by atoms with Crippen LogP contribution in [0.3, 0.4) is 0 Å². The molecule has 2 aromatic carbocycles. The minimum absolute atomic E-state index is 0.395. The molecule has 2 aromatic rings. The van der Waals surface area contributed by atoms with Crippen LogP contribution in [0.25, 0.3) is 0 Å². The molecule has 26 heavy (non-hydrogen) atoms. The van der Waals surface area contributed by atoms with Gasteiger partial charge in [-0.25, -0.2) is 8.42 Å². The van der Waals surface area contributed by atoms with Crippen molar-refractivity contribution in [1.82, 2.24) is 0 Å². The van der Waals surface area contributed by atoms with Crippen LogP contribution in [0.5, 0.6) is 0 Å². The van der Waals surface area contributed by atoms with E-state index in [0.29, 0.717) is 22.0 Å². The van der Waals surface area contributed by atoms with E-state index in [1.54, 1.807) is 38.1 Å². The first-order valence-corrected chi connectivity index (χ1v) is 10.5. The van der Waals surface area contributed by atoms with Crippen LogP contribution in [-0.4, -0.2) is 26.6 Å². The Bertz CT molecular complexity index is 913. The van der Waals surface area contributed by atoms with E-state index < -0.39 is 22.0 Å². The van der Waals surface area contributed by atoms with E-state index in [1.165, 1.54) is 0 Å². The van der Waals surface area contributed by atoms with Crippen molar-refractivity contribution >= 4 is 38.9 Å². The molecule has 0 aliphatic rings. The Morgan fingerprint density at radius 2 is 1.88 bits per heavy atom. The lowest BCUT2D eigenvalue weighted by Crippen LogP contribution is -2.45. The van der Waals surface area contributed by atoms with Crippen molar-refractivity contribution < 1.29 is 13.2 Å². The van der Waals surface area contributed by atoms with Crippen LogP contribution >= 0.6 is 11.6 Å². The summed E-state index contributed by atoms with van der Waals surface area (Å²) in [7, 11) is -3.70. The van der Waals surface area contributed by atoms with E-state index in [2.05, 4.69) is 5.32 Å². The molecule has 0 saturated carbocycles.